The van der Waals surface area contributed by atoms with Gasteiger partial charge in [-0.15, -0.1) is 5.10 Å². The topological polar surface area (TPSA) is 89.2 Å². The molecule has 0 unspecified atom stereocenters. The van der Waals surface area contributed by atoms with Crippen molar-refractivity contribution in [1.29, 1.82) is 0 Å². The number of carbonyl (C=O) groups is 1. The molecular formula is C13H13N5O2S. The minimum Gasteiger partial charge on any atom is -0.305 e. The van der Waals surface area contributed by atoms with Gasteiger partial charge in [0.05, 0.1) is 18.5 Å². The third-order valence-electron chi connectivity index (χ3n) is 3.01. The van der Waals surface area contributed by atoms with E-state index in [-0.39, 0.29) is 24.4 Å². The molecule has 2 aromatic rings. The van der Waals surface area contributed by atoms with E-state index in [0.717, 1.165) is 12.3 Å². The Morgan fingerprint density at radius 3 is 3.05 bits per heavy atom. The fourth-order valence-corrected chi connectivity index (χ4v) is 2.71. The standard InChI is InChI=1S/C13H13N5O2S/c19-11(15-13-14-6-8-21-13)5-7-18-12(20)9-3-1-2-4-10(9)16-17-18/h1-4H,5-8H2,(H,14,15,19). The van der Waals surface area contributed by atoms with Gasteiger partial charge in [-0.1, -0.05) is 29.1 Å². The first-order chi connectivity index (χ1) is 10.2. The molecule has 0 atom stereocenters. The number of nitrogens with one attached hydrogen (secondary N) is 1. The molecule has 0 fully saturated rings. The van der Waals surface area contributed by atoms with Crippen LogP contribution >= 0.6 is 11.8 Å². The Balaban J connectivity index is 1.69. The van der Waals surface area contributed by atoms with Crippen molar-refractivity contribution in [3.63, 3.8) is 0 Å². The molecule has 1 aromatic carbocycles. The van der Waals surface area contributed by atoms with Gasteiger partial charge in [0.2, 0.25) is 5.91 Å². The number of amides is 1. The summed E-state index contributed by atoms with van der Waals surface area (Å²) >= 11 is 1.52. The van der Waals surface area contributed by atoms with Crippen LogP contribution in [0.3, 0.4) is 0 Å². The molecule has 0 saturated heterocycles. The molecule has 1 aromatic heterocycles. The number of aliphatic imine (C=N–C) groups is 1. The zero-order valence-electron chi connectivity index (χ0n) is 11.2. The van der Waals surface area contributed by atoms with Crippen LogP contribution in [-0.2, 0) is 11.3 Å². The third kappa shape index (κ3) is 3.10. The summed E-state index contributed by atoms with van der Waals surface area (Å²) in [4.78, 5) is 28.1. The van der Waals surface area contributed by atoms with Crippen molar-refractivity contribution in [1.82, 2.24) is 20.3 Å². The van der Waals surface area contributed by atoms with Gasteiger partial charge in [-0.05, 0) is 12.1 Å². The van der Waals surface area contributed by atoms with E-state index >= 15 is 0 Å². The van der Waals surface area contributed by atoms with Crippen molar-refractivity contribution in [2.75, 3.05) is 12.3 Å². The second-order valence-corrected chi connectivity index (χ2v) is 5.55. The maximum absolute atomic E-state index is 12.2. The summed E-state index contributed by atoms with van der Waals surface area (Å²) in [7, 11) is 0. The number of amidine groups is 1. The number of hydrogen-bond donors (Lipinski definition) is 1. The normalized spacial score (nSPS) is 14.2. The first-order valence-corrected chi connectivity index (χ1v) is 7.52. The highest BCUT2D eigenvalue weighted by atomic mass is 32.2. The van der Waals surface area contributed by atoms with Gasteiger partial charge in [0, 0.05) is 12.2 Å². The number of rotatable bonds is 3. The second kappa shape index (κ2) is 6.04. The van der Waals surface area contributed by atoms with Gasteiger partial charge in [0.25, 0.3) is 5.56 Å². The molecule has 1 amide bonds. The fourth-order valence-electron chi connectivity index (χ4n) is 1.97. The van der Waals surface area contributed by atoms with Crippen LogP contribution in [0, 0.1) is 0 Å². The van der Waals surface area contributed by atoms with Crippen molar-refractivity contribution in [2.24, 2.45) is 4.99 Å². The van der Waals surface area contributed by atoms with Crippen LogP contribution in [0.2, 0.25) is 0 Å². The molecule has 108 valence electrons. The van der Waals surface area contributed by atoms with Gasteiger partial charge in [-0.2, -0.15) is 0 Å². The summed E-state index contributed by atoms with van der Waals surface area (Å²) in [6, 6.07) is 7.01. The predicted molar refractivity (Wildman–Crippen MR) is 81.3 cm³/mol. The largest absolute Gasteiger partial charge is 0.305 e. The Kier molecular flexibility index (Phi) is 3.96. The Bertz CT molecular complexity index is 770. The van der Waals surface area contributed by atoms with Crippen LogP contribution in [0.25, 0.3) is 10.9 Å². The van der Waals surface area contributed by atoms with E-state index in [1.807, 2.05) is 0 Å². The van der Waals surface area contributed by atoms with Crippen molar-refractivity contribution in [3.05, 3.63) is 34.6 Å². The fraction of sp³-hybridized carbons (Fsp3) is 0.308. The molecule has 0 saturated carbocycles. The summed E-state index contributed by atoms with van der Waals surface area (Å²) in [5.41, 5.74) is 0.320. The molecule has 1 N–H and O–H groups in total. The zero-order chi connectivity index (χ0) is 14.7. The molecular weight excluding hydrogens is 290 g/mol. The summed E-state index contributed by atoms with van der Waals surface area (Å²) in [5, 5.41) is 11.7. The Labute approximate surface area is 124 Å². The van der Waals surface area contributed by atoms with E-state index in [2.05, 4.69) is 20.6 Å². The number of nitrogens with zero attached hydrogens (tertiary/aromatic N) is 4. The third-order valence-corrected chi connectivity index (χ3v) is 3.90. The SMILES string of the molecule is O=C(CCn1nnc2ccccc2c1=O)NC1=NCCS1. The maximum Gasteiger partial charge on any atom is 0.277 e. The quantitative estimate of drug-likeness (QED) is 0.886. The predicted octanol–water partition coefficient (Wildman–Crippen LogP) is 0.401. The first kappa shape index (κ1) is 13.7. The molecule has 0 aliphatic carbocycles. The van der Waals surface area contributed by atoms with Gasteiger partial charge in [-0.3, -0.25) is 14.6 Å². The number of fused-ring (bicyclic) bond motifs is 1. The van der Waals surface area contributed by atoms with E-state index in [4.69, 9.17) is 0 Å². The Morgan fingerprint density at radius 2 is 2.24 bits per heavy atom. The number of carbonyl (C=O) groups excluding carboxylic acids is 1. The first-order valence-electron chi connectivity index (χ1n) is 6.54. The number of benzene rings is 1. The molecule has 7 nitrogen and oxygen atoms in total. The van der Waals surface area contributed by atoms with Crippen molar-refractivity contribution in [3.8, 4) is 0 Å². The lowest BCUT2D eigenvalue weighted by molar-refractivity contribution is -0.119. The average Bonchev–Trinajstić information content (AvgIpc) is 3.00. The van der Waals surface area contributed by atoms with Gasteiger partial charge in [0.15, 0.2) is 5.17 Å². The minimum atomic E-state index is -0.235. The molecule has 0 bridgehead atoms. The number of hydrogen-bond acceptors (Lipinski definition) is 6. The molecule has 0 spiro atoms. The molecule has 2 heterocycles. The van der Waals surface area contributed by atoms with Crippen LogP contribution in [0.15, 0.2) is 34.1 Å². The Morgan fingerprint density at radius 1 is 1.38 bits per heavy atom. The van der Waals surface area contributed by atoms with Crippen LogP contribution in [0.1, 0.15) is 6.42 Å². The van der Waals surface area contributed by atoms with E-state index in [1.54, 1.807) is 24.3 Å². The number of aryl methyl sites for hydroxylation is 1. The summed E-state index contributed by atoms with van der Waals surface area (Å²) in [5.74, 6) is 0.718. The lowest BCUT2D eigenvalue weighted by atomic mass is 10.2. The Hall–Kier alpha value is -2.22. The van der Waals surface area contributed by atoms with Gasteiger partial charge in [0.1, 0.15) is 5.52 Å². The van der Waals surface area contributed by atoms with Crippen molar-refractivity contribution < 1.29 is 4.79 Å². The summed E-state index contributed by atoms with van der Waals surface area (Å²) in [6.07, 6.45) is 0.159. The lowest BCUT2D eigenvalue weighted by Gasteiger charge is -2.05. The molecule has 1 aliphatic heterocycles. The van der Waals surface area contributed by atoms with Crippen LogP contribution in [0.5, 0.6) is 0 Å². The minimum absolute atomic E-state index is 0.159. The van der Waals surface area contributed by atoms with E-state index in [9.17, 15) is 9.59 Å². The van der Waals surface area contributed by atoms with E-state index < -0.39 is 0 Å². The zero-order valence-corrected chi connectivity index (χ0v) is 12.0. The average molecular weight is 303 g/mol. The highest BCUT2D eigenvalue weighted by Gasteiger charge is 2.12. The highest BCUT2D eigenvalue weighted by molar-refractivity contribution is 8.14. The lowest BCUT2D eigenvalue weighted by Crippen LogP contribution is -2.31. The molecule has 3 rings (SSSR count). The second-order valence-electron chi connectivity index (χ2n) is 4.47. The van der Waals surface area contributed by atoms with Gasteiger partial charge in [-0.25, -0.2) is 4.68 Å². The smallest absolute Gasteiger partial charge is 0.277 e. The van der Waals surface area contributed by atoms with E-state index in [1.165, 1.54) is 16.4 Å². The van der Waals surface area contributed by atoms with Crippen molar-refractivity contribution >= 4 is 33.7 Å². The maximum atomic E-state index is 12.2. The number of aromatic nitrogens is 3. The molecule has 21 heavy (non-hydrogen) atoms. The molecule has 1 aliphatic rings. The van der Waals surface area contributed by atoms with Crippen LogP contribution < -0.4 is 10.9 Å². The van der Waals surface area contributed by atoms with Gasteiger partial charge >= 0.3 is 0 Å². The van der Waals surface area contributed by atoms with E-state index in [0.29, 0.717) is 16.1 Å². The summed E-state index contributed by atoms with van der Waals surface area (Å²) in [6.45, 7) is 0.927. The van der Waals surface area contributed by atoms with Gasteiger partial charge < -0.3 is 5.32 Å². The van der Waals surface area contributed by atoms with Crippen LogP contribution in [-0.4, -0.2) is 38.4 Å². The monoisotopic (exact) mass is 303 g/mol. The number of thioether (sulfide) groups is 1. The molecule has 0 radical (unpaired) electrons. The highest BCUT2D eigenvalue weighted by Crippen LogP contribution is 2.09. The summed E-state index contributed by atoms with van der Waals surface area (Å²) < 4.78 is 1.21. The van der Waals surface area contributed by atoms with Crippen molar-refractivity contribution in [2.45, 2.75) is 13.0 Å². The van der Waals surface area contributed by atoms with Crippen LogP contribution in [0.4, 0.5) is 0 Å². The molecule has 8 heteroatoms.